The molecule has 1 saturated carbocycles. The number of aliphatic hydroxyl groups excluding tert-OH is 1. The van der Waals surface area contributed by atoms with Crippen LogP contribution in [0.3, 0.4) is 0 Å². The molecular formula is C18H29NO2. The molecule has 0 bridgehead atoms. The molecule has 1 aliphatic rings. The molecule has 1 aromatic carbocycles. The fourth-order valence-corrected chi connectivity index (χ4v) is 2.80. The van der Waals surface area contributed by atoms with Crippen molar-refractivity contribution in [2.75, 3.05) is 6.54 Å². The zero-order valence-electron chi connectivity index (χ0n) is 13.3. The Morgan fingerprint density at radius 2 is 2.05 bits per heavy atom. The molecular weight excluding hydrogens is 262 g/mol. The van der Waals surface area contributed by atoms with Crippen LogP contribution in [-0.4, -0.2) is 23.9 Å². The molecule has 1 fully saturated rings. The normalized spacial score (nSPS) is 23.0. The van der Waals surface area contributed by atoms with Crippen molar-refractivity contribution in [3.05, 3.63) is 29.8 Å². The van der Waals surface area contributed by atoms with Gasteiger partial charge in [-0.1, -0.05) is 38.8 Å². The van der Waals surface area contributed by atoms with Crippen LogP contribution >= 0.6 is 0 Å². The molecule has 0 amide bonds. The summed E-state index contributed by atoms with van der Waals surface area (Å²) < 4.78 is 6.04. The smallest absolute Gasteiger partial charge is 0.124 e. The van der Waals surface area contributed by atoms with Crippen LogP contribution in [0.15, 0.2) is 24.3 Å². The van der Waals surface area contributed by atoms with Gasteiger partial charge in [-0.05, 0) is 49.4 Å². The predicted molar refractivity (Wildman–Crippen MR) is 86.5 cm³/mol. The van der Waals surface area contributed by atoms with E-state index >= 15 is 0 Å². The molecule has 1 aromatic rings. The van der Waals surface area contributed by atoms with Gasteiger partial charge in [-0.25, -0.2) is 0 Å². The third-order valence-electron chi connectivity index (χ3n) is 3.99. The average molecular weight is 291 g/mol. The largest absolute Gasteiger partial charge is 0.488 e. The SMILES string of the molecule is CC(C)CNCc1cccc(OC2CCCCCC2O)c1. The van der Waals surface area contributed by atoms with Crippen molar-refractivity contribution >= 4 is 0 Å². The highest BCUT2D eigenvalue weighted by molar-refractivity contribution is 5.28. The average Bonchev–Trinajstić information content (AvgIpc) is 2.64. The number of nitrogens with one attached hydrogen (secondary N) is 1. The van der Waals surface area contributed by atoms with Crippen LogP contribution in [0.4, 0.5) is 0 Å². The lowest BCUT2D eigenvalue weighted by Gasteiger charge is -2.22. The van der Waals surface area contributed by atoms with Gasteiger partial charge in [-0.2, -0.15) is 0 Å². The Kier molecular flexibility index (Phi) is 6.52. The van der Waals surface area contributed by atoms with Gasteiger partial charge in [-0.15, -0.1) is 0 Å². The van der Waals surface area contributed by atoms with E-state index in [1.807, 2.05) is 12.1 Å². The van der Waals surface area contributed by atoms with Gasteiger partial charge in [-0.3, -0.25) is 0 Å². The van der Waals surface area contributed by atoms with Gasteiger partial charge in [0.1, 0.15) is 11.9 Å². The first-order valence-electron chi connectivity index (χ1n) is 8.29. The van der Waals surface area contributed by atoms with Gasteiger partial charge in [0.15, 0.2) is 0 Å². The zero-order valence-corrected chi connectivity index (χ0v) is 13.3. The van der Waals surface area contributed by atoms with Gasteiger partial charge >= 0.3 is 0 Å². The first kappa shape index (κ1) is 16.3. The van der Waals surface area contributed by atoms with E-state index in [0.717, 1.165) is 44.5 Å². The fourth-order valence-electron chi connectivity index (χ4n) is 2.80. The third kappa shape index (κ3) is 5.68. The molecule has 3 nitrogen and oxygen atoms in total. The van der Waals surface area contributed by atoms with Crippen LogP contribution in [0.1, 0.15) is 51.5 Å². The Balaban J connectivity index is 1.90. The molecule has 3 heteroatoms. The molecule has 21 heavy (non-hydrogen) atoms. The van der Waals surface area contributed by atoms with E-state index in [-0.39, 0.29) is 12.2 Å². The lowest BCUT2D eigenvalue weighted by atomic mass is 10.1. The topological polar surface area (TPSA) is 41.5 Å². The maximum Gasteiger partial charge on any atom is 0.124 e. The van der Waals surface area contributed by atoms with E-state index in [4.69, 9.17) is 4.74 Å². The summed E-state index contributed by atoms with van der Waals surface area (Å²) in [4.78, 5) is 0. The minimum Gasteiger partial charge on any atom is -0.488 e. The van der Waals surface area contributed by atoms with E-state index in [1.165, 1.54) is 12.0 Å². The first-order valence-corrected chi connectivity index (χ1v) is 8.29. The van der Waals surface area contributed by atoms with E-state index < -0.39 is 0 Å². The Labute approximate surface area is 128 Å². The number of aliphatic hydroxyl groups is 1. The highest BCUT2D eigenvalue weighted by Crippen LogP contribution is 2.24. The summed E-state index contributed by atoms with van der Waals surface area (Å²) in [7, 11) is 0. The lowest BCUT2D eigenvalue weighted by molar-refractivity contribution is 0.0319. The van der Waals surface area contributed by atoms with Crippen LogP contribution in [-0.2, 0) is 6.54 Å². The van der Waals surface area contributed by atoms with Crippen molar-refractivity contribution in [2.45, 2.75) is 64.7 Å². The molecule has 2 N–H and O–H groups in total. The Bertz CT molecular complexity index is 419. The summed E-state index contributed by atoms with van der Waals surface area (Å²) in [5.41, 5.74) is 1.23. The standard InChI is InChI=1S/C18H29NO2/c1-14(2)12-19-13-15-7-6-8-16(11-15)21-18-10-5-3-4-9-17(18)20/h6-8,11,14,17-20H,3-5,9-10,12-13H2,1-2H3. The molecule has 2 rings (SSSR count). The van der Waals surface area contributed by atoms with Crippen LogP contribution in [0, 0.1) is 5.92 Å². The maximum absolute atomic E-state index is 10.1. The zero-order chi connectivity index (χ0) is 15.1. The molecule has 2 atom stereocenters. The molecule has 2 unspecified atom stereocenters. The number of ether oxygens (including phenoxy) is 1. The first-order chi connectivity index (χ1) is 10.1. The number of hydrogen-bond acceptors (Lipinski definition) is 3. The number of hydrogen-bond donors (Lipinski definition) is 2. The molecule has 0 aliphatic heterocycles. The van der Waals surface area contributed by atoms with Gasteiger partial charge in [0.05, 0.1) is 6.10 Å². The van der Waals surface area contributed by atoms with E-state index in [0.29, 0.717) is 5.92 Å². The van der Waals surface area contributed by atoms with Gasteiger partial charge in [0.25, 0.3) is 0 Å². The second kappa shape index (κ2) is 8.40. The minimum atomic E-state index is -0.324. The van der Waals surface area contributed by atoms with Crippen LogP contribution < -0.4 is 10.1 Å². The number of rotatable bonds is 6. The van der Waals surface area contributed by atoms with Gasteiger partial charge in [0.2, 0.25) is 0 Å². The van der Waals surface area contributed by atoms with Gasteiger partial charge < -0.3 is 15.2 Å². The maximum atomic E-state index is 10.1. The molecule has 0 aromatic heterocycles. The van der Waals surface area contributed by atoms with Crippen molar-refractivity contribution in [3.63, 3.8) is 0 Å². The Hall–Kier alpha value is -1.06. The summed E-state index contributed by atoms with van der Waals surface area (Å²) in [5, 5.41) is 13.6. The molecule has 118 valence electrons. The van der Waals surface area contributed by atoms with Crippen LogP contribution in [0.25, 0.3) is 0 Å². The number of benzene rings is 1. The van der Waals surface area contributed by atoms with E-state index in [1.54, 1.807) is 0 Å². The Morgan fingerprint density at radius 1 is 1.24 bits per heavy atom. The lowest BCUT2D eigenvalue weighted by Crippen LogP contribution is -2.30. The van der Waals surface area contributed by atoms with Crippen LogP contribution in [0.5, 0.6) is 5.75 Å². The third-order valence-corrected chi connectivity index (χ3v) is 3.99. The van der Waals surface area contributed by atoms with E-state index in [9.17, 15) is 5.11 Å². The van der Waals surface area contributed by atoms with Gasteiger partial charge in [0, 0.05) is 6.54 Å². The summed E-state index contributed by atoms with van der Waals surface area (Å²) in [6, 6.07) is 8.23. The summed E-state index contributed by atoms with van der Waals surface area (Å²) in [5.74, 6) is 1.54. The molecule has 1 aliphatic carbocycles. The van der Waals surface area contributed by atoms with Crippen molar-refractivity contribution in [1.29, 1.82) is 0 Å². The van der Waals surface area contributed by atoms with Crippen molar-refractivity contribution < 1.29 is 9.84 Å². The summed E-state index contributed by atoms with van der Waals surface area (Å²) in [6.07, 6.45) is 4.91. The second-order valence-electron chi connectivity index (χ2n) is 6.53. The fraction of sp³-hybridized carbons (Fsp3) is 0.667. The highest BCUT2D eigenvalue weighted by atomic mass is 16.5. The quantitative estimate of drug-likeness (QED) is 0.788. The van der Waals surface area contributed by atoms with Crippen molar-refractivity contribution in [2.24, 2.45) is 5.92 Å². The predicted octanol–water partition coefficient (Wildman–Crippen LogP) is 3.50. The molecule has 0 heterocycles. The Morgan fingerprint density at radius 3 is 2.86 bits per heavy atom. The second-order valence-corrected chi connectivity index (χ2v) is 6.53. The molecule has 0 saturated heterocycles. The molecule has 0 radical (unpaired) electrons. The van der Waals surface area contributed by atoms with Crippen molar-refractivity contribution in [1.82, 2.24) is 5.32 Å². The minimum absolute atomic E-state index is 0.0497. The monoisotopic (exact) mass is 291 g/mol. The summed E-state index contributed by atoms with van der Waals surface area (Å²) in [6.45, 7) is 6.30. The molecule has 0 spiro atoms. The van der Waals surface area contributed by atoms with E-state index in [2.05, 4.69) is 31.3 Å². The van der Waals surface area contributed by atoms with Crippen LogP contribution in [0.2, 0.25) is 0 Å². The summed E-state index contributed by atoms with van der Waals surface area (Å²) >= 11 is 0. The highest BCUT2D eigenvalue weighted by Gasteiger charge is 2.23. The van der Waals surface area contributed by atoms with Crippen molar-refractivity contribution in [3.8, 4) is 5.75 Å².